The van der Waals surface area contributed by atoms with Gasteiger partial charge in [0.25, 0.3) is 0 Å². The van der Waals surface area contributed by atoms with E-state index in [0.29, 0.717) is 24.3 Å². The van der Waals surface area contributed by atoms with Gasteiger partial charge in [0.05, 0.1) is 4.90 Å². The fourth-order valence-corrected chi connectivity index (χ4v) is 5.44. The number of ether oxygens (including phenoxy) is 1. The standard InChI is InChI=1S/C20H30N2O4S2/c1-28(24,25)18-5-2-17(3-6-18)4-7-19(23)21-16-20(8-12-26-13-9-20)22-10-14-27-15-11-22/h2-3,5-6H,4,7-16H2,1H3,(H,21,23). The highest BCUT2D eigenvalue weighted by molar-refractivity contribution is 7.99. The molecular weight excluding hydrogens is 396 g/mol. The fraction of sp³-hybridized carbons (Fsp3) is 0.650. The average molecular weight is 427 g/mol. The Balaban J connectivity index is 1.52. The van der Waals surface area contributed by atoms with Crippen LogP contribution in [0.4, 0.5) is 0 Å². The molecule has 8 heteroatoms. The lowest BCUT2D eigenvalue weighted by molar-refractivity contribution is -0.122. The summed E-state index contributed by atoms with van der Waals surface area (Å²) < 4.78 is 28.6. The Labute approximate surface area is 172 Å². The van der Waals surface area contributed by atoms with Crippen molar-refractivity contribution in [2.75, 3.05) is 50.6 Å². The predicted molar refractivity (Wildman–Crippen MR) is 113 cm³/mol. The number of benzene rings is 1. The largest absolute Gasteiger partial charge is 0.381 e. The third-order valence-electron chi connectivity index (χ3n) is 5.71. The summed E-state index contributed by atoms with van der Waals surface area (Å²) in [5.74, 6) is 2.35. The number of aryl methyl sites for hydroxylation is 1. The van der Waals surface area contributed by atoms with Crippen molar-refractivity contribution in [3.63, 3.8) is 0 Å². The van der Waals surface area contributed by atoms with Crippen LogP contribution >= 0.6 is 11.8 Å². The van der Waals surface area contributed by atoms with Gasteiger partial charge in [-0.1, -0.05) is 12.1 Å². The molecule has 156 valence electrons. The number of carbonyl (C=O) groups is 1. The number of thioether (sulfide) groups is 1. The van der Waals surface area contributed by atoms with Crippen molar-refractivity contribution in [3.05, 3.63) is 29.8 Å². The van der Waals surface area contributed by atoms with Crippen LogP contribution in [0.3, 0.4) is 0 Å². The fourth-order valence-electron chi connectivity index (χ4n) is 3.91. The number of rotatable bonds is 7. The van der Waals surface area contributed by atoms with Gasteiger partial charge in [0.1, 0.15) is 0 Å². The molecule has 0 radical (unpaired) electrons. The molecule has 0 bridgehead atoms. The lowest BCUT2D eigenvalue weighted by atomic mass is 9.87. The zero-order chi connectivity index (χ0) is 20.0. The van der Waals surface area contributed by atoms with Crippen molar-refractivity contribution < 1.29 is 17.9 Å². The first kappa shape index (κ1) is 21.6. The summed E-state index contributed by atoms with van der Waals surface area (Å²) in [6.07, 6.45) is 4.13. The Kier molecular flexibility index (Phi) is 7.42. The summed E-state index contributed by atoms with van der Waals surface area (Å²) in [5.41, 5.74) is 0.989. The van der Waals surface area contributed by atoms with Gasteiger partial charge in [0, 0.05) is 62.6 Å². The second-order valence-corrected chi connectivity index (χ2v) is 10.9. The van der Waals surface area contributed by atoms with Crippen LogP contribution < -0.4 is 5.32 Å². The van der Waals surface area contributed by atoms with Gasteiger partial charge in [-0.2, -0.15) is 11.8 Å². The Morgan fingerprint density at radius 1 is 1.18 bits per heavy atom. The van der Waals surface area contributed by atoms with Gasteiger partial charge in [0.15, 0.2) is 9.84 Å². The molecule has 2 aliphatic heterocycles. The van der Waals surface area contributed by atoms with Crippen LogP contribution in [-0.2, 0) is 25.8 Å². The van der Waals surface area contributed by atoms with E-state index >= 15 is 0 Å². The van der Waals surface area contributed by atoms with Crippen molar-refractivity contribution >= 4 is 27.5 Å². The Morgan fingerprint density at radius 2 is 1.82 bits per heavy atom. The zero-order valence-corrected chi connectivity index (χ0v) is 18.1. The first-order valence-corrected chi connectivity index (χ1v) is 12.9. The van der Waals surface area contributed by atoms with E-state index in [2.05, 4.69) is 10.2 Å². The van der Waals surface area contributed by atoms with Crippen LogP contribution in [0.1, 0.15) is 24.8 Å². The number of nitrogens with zero attached hydrogens (tertiary/aromatic N) is 1. The van der Waals surface area contributed by atoms with Gasteiger partial charge in [-0.3, -0.25) is 9.69 Å². The first-order valence-electron chi connectivity index (χ1n) is 9.85. The number of hydrogen-bond acceptors (Lipinski definition) is 6. The molecule has 0 aliphatic carbocycles. The quantitative estimate of drug-likeness (QED) is 0.716. The Hall–Kier alpha value is -1.09. The third kappa shape index (κ3) is 5.72. The number of carbonyl (C=O) groups excluding carboxylic acids is 1. The molecule has 0 spiro atoms. The molecule has 1 amide bonds. The van der Waals surface area contributed by atoms with Crippen molar-refractivity contribution in [1.82, 2.24) is 10.2 Å². The minimum Gasteiger partial charge on any atom is -0.381 e. The molecule has 0 saturated carbocycles. The van der Waals surface area contributed by atoms with E-state index in [4.69, 9.17) is 4.74 Å². The zero-order valence-electron chi connectivity index (χ0n) is 16.5. The summed E-state index contributed by atoms with van der Waals surface area (Å²) in [7, 11) is -3.19. The van der Waals surface area contributed by atoms with Crippen molar-refractivity contribution in [2.24, 2.45) is 0 Å². The summed E-state index contributed by atoms with van der Waals surface area (Å²) in [6, 6.07) is 6.78. The molecule has 2 saturated heterocycles. The topological polar surface area (TPSA) is 75.7 Å². The molecular formula is C20H30N2O4S2. The van der Waals surface area contributed by atoms with E-state index in [1.807, 2.05) is 11.8 Å². The van der Waals surface area contributed by atoms with Crippen molar-refractivity contribution in [3.8, 4) is 0 Å². The second-order valence-electron chi connectivity index (χ2n) is 7.63. The van der Waals surface area contributed by atoms with E-state index in [-0.39, 0.29) is 11.4 Å². The summed E-state index contributed by atoms with van der Waals surface area (Å²) in [4.78, 5) is 15.3. The highest BCUT2D eigenvalue weighted by Crippen LogP contribution is 2.30. The molecule has 2 heterocycles. The van der Waals surface area contributed by atoms with Crippen LogP contribution in [0.25, 0.3) is 0 Å². The Bertz CT molecular complexity index is 753. The van der Waals surface area contributed by atoms with Gasteiger partial charge in [-0.05, 0) is 37.0 Å². The second kappa shape index (κ2) is 9.61. The average Bonchev–Trinajstić information content (AvgIpc) is 2.72. The molecule has 28 heavy (non-hydrogen) atoms. The van der Waals surface area contributed by atoms with Crippen LogP contribution in [0.5, 0.6) is 0 Å². The van der Waals surface area contributed by atoms with E-state index in [0.717, 1.165) is 56.2 Å². The highest BCUT2D eigenvalue weighted by atomic mass is 32.2. The normalized spacial score (nSPS) is 20.6. The number of amides is 1. The van der Waals surface area contributed by atoms with Gasteiger partial charge < -0.3 is 10.1 Å². The molecule has 1 N–H and O–H groups in total. The summed E-state index contributed by atoms with van der Waals surface area (Å²) in [6.45, 7) is 4.34. The molecule has 0 atom stereocenters. The van der Waals surface area contributed by atoms with Crippen LogP contribution in [-0.4, -0.2) is 75.4 Å². The lowest BCUT2D eigenvalue weighted by Gasteiger charge is -2.48. The molecule has 3 rings (SSSR count). The third-order valence-corrected chi connectivity index (χ3v) is 7.78. The first-order chi connectivity index (χ1) is 13.4. The molecule has 0 unspecified atom stereocenters. The maximum absolute atomic E-state index is 12.4. The minimum atomic E-state index is -3.19. The van der Waals surface area contributed by atoms with Crippen molar-refractivity contribution in [2.45, 2.75) is 36.1 Å². The van der Waals surface area contributed by atoms with E-state index in [9.17, 15) is 13.2 Å². The lowest BCUT2D eigenvalue weighted by Crippen LogP contribution is -2.60. The van der Waals surface area contributed by atoms with Gasteiger partial charge in [-0.25, -0.2) is 8.42 Å². The van der Waals surface area contributed by atoms with Crippen LogP contribution in [0.2, 0.25) is 0 Å². The Morgan fingerprint density at radius 3 is 2.43 bits per heavy atom. The predicted octanol–water partition coefficient (Wildman–Crippen LogP) is 1.74. The summed E-state index contributed by atoms with van der Waals surface area (Å²) >= 11 is 2.00. The molecule has 1 aromatic rings. The molecule has 2 fully saturated rings. The minimum absolute atomic E-state index is 0.0199. The summed E-state index contributed by atoms with van der Waals surface area (Å²) in [5, 5.41) is 3.16. The van der Waals surface area contributed by atoms with Gasteiger partial charge in [-0.15, -0.1) is 0 Å². The molecule has 6 nitrogen and oxygen atoms in total. The maximum atomic E-state index is 12.4. The van der Waals surface area contributed by atoms with Crippen LogP contribution in [0.15, 0.2) is 29.2 Å². The molecule has 2 aliphatic rings. The van der Waals surface area contributed by atoms with E-state index in [1.165, 1.54) is 6.26 Å². The highest BCUT2D eigenvalue weighted by Gasteiger charge is 2.39. The smallest absolute Gasteiger partial charge is 0.220 e. The van der Waals surface area contributed by atoms with E-state index in [1.54, 1.807) is 24.3 Å². The van der Waals surface area contributed by atoms with Gasteiger partial charge in [0.2, 0.25) is 5.91 Å². The SMILES string of the molecule is CS(=O)(=O)c1ccc(CCC(=O)NCC2(N3CCSCC3)CCOCC2)cc1. The maximum Gasteiger partial charge on any atom is 0.220 e. The molecule has 0 aromatic heterocycles. The van der Waals surface area contributed by atoms with E-state index < -0.39 is 9.84 Å². The number of hydrogen-bond donors (Lipinski definition) is 1. The number of nitrogens with one attached hydrogen (secondary N) is 1. The number of sulfone groups is 1. The van der Waals surface area contributed by atoms with Crippen LogP contribution in [0, 0.1) is 0 Å². The van der Waals surface area contributed by atoms with Crippen molar-refractivity contribution in [1.29, 1.82) is 0 Å². The molecule has 1 aromatic carbocycles. The monoisotopic (exact) mass is 426 g/mol. The van der Waals surface area contributed by atoms with Gasteiger partial charge >= 0.3 is 0 Å².